The van der Waals surface area contributed by atoms with Gasteiger partial charge in [0.1, 0.15) is 0 Å². The first-order valence-electron chi connectivity index (χ1n) is 6.25. The summed E-state index contributed by atoms with van der Waals surface area (Å²) in [5, 5.41) is 10.2. The first-order chi connectivity index (χ1) is 9.33. The van der Waals surface area contributed by atoms with Gasteiger partial charge in [-0.2, -0.15) is 5.10 Å². The van der Waals surface area contributed by atoms with Crippen LogP contribution in [-0.2, 0) is 6.54 Å². The molecule has 0 saturated carbocycles. The molecule has 0 aliphatic carbocycles. The molecule has 5 heteroatoms. The van der Waals surface area contributed by atoms with Crippen LogP contribution < -0.4 is 5.32 Å². The fraction of sp³-hybridized carbons (Fsp3) is 0.214. The number of para-hydroxylation sites is 2. The quantitative estimate of drug-likeness (QED) is 0.748. The predicted octanol–water partition coefficient (Wildman–Crippen LogP) is 2.20. The maximum Gasteiger partial charge on any atom is 0.0890 e. The van der Waals surface area contributed by atoms with E-state index in [1.807, 2.05) is 42.9 Å². The lowest BCUT2D eigenvalue weighted by Gasteiger charge is -2.11. The lowest BCUT2D eigenvalue weighted by Crippen LogP contribution is -2.18. The highest BCUT2D eigenvalue weighted by atomic mass is 15.1. The molecule has 2 heterocycles. The Hall–Kier alpha value is -2.27. The fourth-order valence-corrected chi connectivity index (χ4v) is 1.95. The van der Waals surface area contributed by atoms with Crippen molar-refractivity contribution in [1.29, 1.82) is 0 Å². The molecule has 0 aliphatic rings. The minimum atomic E-state index is 0.229. The van der Waals surface area contributed by atoms with Crippen LogP contribution in [0.15, 0.2) is 42.9 Å². The second-order valence-corrected chi connectivity index (χ2v) is 4.48. The van der Waals surface area contributed by atoms with Crippen molar-refractivity contribution in [2.24, 2.45) is 0 Å². The summed E-state index contributed by atoms with van der Waals surface area (Å²) >= 11 is 0. The number of benzene rings is 1. The van der Waals surface area contributed by atoms with E-state index in [9.17, 15) is 0 Å². The molecule has 5 nitrogen and oxygen atoms in total. The molecule has 0 bridgehead atoms. The third kappa shape index (κ3) is 2.61. The van der Waals surface area contributed by atoms with Crippen LogP contribution in [0.5, 0.6) is 0 Å². The van der Waals surface area contributed by atoms with Crippen LogP contribution in [-0.4, -0.2) is 20.2 Å². The van der Waals surface area contributed by atoms with E-state index >= 15 is 0 Å². The van der Waals surface area contributed by atoms with E-state index in [-0.39, 0.29) is 6.04 Å². The first kappa shape index (κ1) is 11.8. The smallest absolute Gasteiger partial charge is 0.0890 e. The van der Waals surface area contributed by atoms with Crippen LogP contribution in [0.1, 0.15) is 24.2 Å². The standard InChI is InChI=1S/C14H15N5/c1-10(11-6-17-18-7-11)15-8-12-9-16-13-4-2-3-5-14(13)19-12/h2-7,9-10,15H,8H2,1H3,(H,17,18). The number of aromatic nitrogens is 4. The zero-order valence-electron chi connectivity index (χ0n) is 10.7. The monoisotopic (exact) mass is 253 g/mol. The molecule has 0 fully saturated rings. The van der Waals surface area contributed by atoms with Crippen molar-refractivity contribution in [3.63, 3.8) is 0 Å². The fourth-order valence-electron chi connectivity index (χ4n) is 1.95. The highest BCUT2D eigenvalue weighted by Gasteiger charge is 2.06. The summed E-state index contributed by atoms with van der Waals surface area (Å²) in [6.07, 6.45) is 5.53. The molecular weight excluding hydrogens is 238 g/mol. The molecule has 3 rings (SSSR count). The van der Waals surface area contributed by atoms with Gasteiger partial charge in [-0.15, -0.1) is 0 Å². The summed E-state index contributed by atoms with van der Waals surface area (Å²) in [5.74, 6) is 0. The molecule has 3 aromatic rings. The van der Waals surface area contributed by atoms with Gasteiger partial charge in [-0.3, -0.25) is 10.1 Å². The summed E-state index contributed by atoms with van der Waals surface area (Å²) in [6.45, 7) is 2.78. The molecule has 0 saturated heterocycles. The number of aromatic amines is 1. The van der Waals surface area contributed by atoms with Crippen LogP contribution in [0.3, 0.4) is 0 Å². The van der Waals surface area contributed by atoms with Crippen LogP contribution in [0, 0.1) is 0 Å². The normalized spacial score (nSPS) is 12.7. The van der Waals surface area contributed by atoms with E-state index in [4.69, 9.17) is 0 Å². The average Bonchev–Trinajstić information content (AvgIpc) is 2.99. The zero-order chi connectivity index (χ0) is 13.1. The summed E-state index contributed by atoms with van der Waals surface area (Å²) < 4.78 is 0. The largest absolute Gasteiger partial charge is 0.304 e. The average molecular weight is 253 g/mol. The Morgan fingerprint density at radius 1 is 1.21 bits per heavy atom. The van der Waals surface area contributed by atoms with Gasteiger partial charge in [0.05, 0.1) is 29.1 Å². The van der Waals surface area contributed by atoms with Gasteiger partial charge in [-0.05, 0) is 19.1 Å². The molecular formula is C14H15N5. The summed E-state index contributed by atoms with van der Waals surface area (Å²) in [6, 6.07) is 8.11. The van der Waals surface area contributed by atoms with Crippen LogP contribution in [0.4, 0.5) is 0 Å². The minimum absolute atomic E-state index is 0.229. The number of hydrogen-bond acceptors (Lipinski definition) is 4. The lowest BCUT2D eigenvalue weighted by molar-refractivity contribution is 0.568. The number of fused-ring (bicyclic) bond motifs is 1. The van der Waals surface area contributed by atoms with Gasteiger partial charge >= 0.3 is 0 Å². The van der Waals surface area contributed by atoms with Crippen molar-refractivity contribution in [1.82, 2.24) is 25.5 Å². The molecule has 1 aromatic carbocycles. The summed E-state index contributed by atoms with van der Waals surface area (Å²) in [5.41, 5.74) is 3.93. The molecule has 2 aromatic heterocycles. The molecule has 1 atom stereocenters. The lowest BCUT2D eigenvalue weighted by atomic mass is 10.2. The maximum atomic E-state index is 4.58. The Morgan fingerprint density at radius 2 is 2.05 bits per heavy atom. The predicted molar refractivity (Wildman–Crippen MR) is 73.4 cm³/mol. The topological polar surface area (TPSA) is 66.5 Å². The van der Waals surface area contributed by atoms with E-state index in [2.05, 4.69) is 32.4 Å². The van der Waals surface area contributed by atoms with E-state index in [1.54, 1.807) is 0 Å². The van der Waals surface area contributed by atoms with Gasteiger partial charge in [-0.25, -0.2) is 4.98 Å². The van der Waals surface area contributed by atoms with E-state index in [0.717, 1.165) is 22.3 Å². The van der Waals surface area contributed by atoms with E-state index in [0.29, 0.717) is 6.54 Å². The molecule has 19 heavy (non-hydrogen) atoms. The number of rotatable bonds is 4. The Kier molecular flexibility index (Phi) is 3.20. The number of H-pyrrole nitrogens is 1. The highest BCUT2D eigenvalue weighted by Crippen LogP contribution is 2.11. The molecule has 1 unspecified atom stereocenters. The van der Waals surface area contributed by atoms with Crippen molar-refractivity contribution in [3.05, 3.63) is 54.1 Å². The Labute approximate surface area is 111 Å². The first-order valence-corrected chi connectivity index (χ1v) is 6.25. The molecule has 0 aliphatic heterocycles. The number of hydrogen-bond donors (Lipinski definition) is 2. The van der Waals surface area contributed by atoms with Crippen LogP contribution >= 0.6 is 0 Å². The number of nitrogens with zero attached hydrogens (tertiary/aromatic N) is 3. The molecule has 0 spiro atoms. The minimum Gasteiger partial charge on any atom is -0.304 e. The summed E-state index contributed by atoms with van der Waals surface area (Å²) in [4.78, 5) is 8.98. The van der Waals surface area contributed by atoms with Gasteiger partial charge in [0.2, 0.25) is 0 Å². The van der Waals surface area contributed by atoms with E-state index in [1.165, 1.54) is 0 Å². The van der Waals surface area contributed by atoms with Crippen molar-refractivity contribution < 1.29 is 0 Å². The molecule has 0 amide bonds. The second-order valence-electron chi connectivity index (χ2n) is 4.48. The molecule has 2 N–H and O–H groups in total. The van der Waals surface area contributed by atoms with Crippen molar-refractivity contribution in [2.45, 2.75) is 19.5 Å². The Morgan fingerprint density at radius 3 is 2.84 bits per heavy atom. The van der Waals surface area contributed by atoms with Gasteiger partial charge in [-0.1, -0.05) is 12.1 Å². The summed E-state index contributed by atoms with van der Waals surface area (Å²) in [7, 11) is 0. The van der Waals surface area contributed by atoms with Gasteiger partial charge in [0, 0.05) is 24.3 Å². The third-order valence-corrected chi connectivity index (χ3v) is 3.11. The number of nitrogens with one attached hydrogen (secondary N) is 2. The molecule has 0 radical (unpaired) electrons. The zero-order valence-corrected chi connectivity index (χ0v) is 10.7. The van der Waals surface area contributed by atoms with Crippen molar-refractivity contribution in [2.75, 3.05) is 0 Å². The van der Waals surface area contributed by atoms with Gasteiger partial charge in [0.25, 0.3) is 0 Å². The van der Waals surface area contributed by atoms with Crippen LogP contribution in [0.2, 0.25) is 0 Å². The van der Waals surface area contributed by atoms with Crippen LogP contribution in [0.25, 0.3) is 11.0 Å². The van der Waals surface area contributed by atoms with Crippen molar-refractivity contribution in [3.8, 4) is 0 Å². The molecule has 96 valence electrons. The maximum absolute atomic E-state index is 4.58. The van der Waals surface area contributed by atoms with E-state index < -0.39 is 0 Å². The van der Waals surface area contributed by atoms with Gasteiger partial charge in [0.15, 0.2) is 0 Å². The Balaban J connectivity index is 1.71. The highest BCUT2D eigenvalue weighted by molar-refractivity contribution is 5.73. The van der Waals surface area contributed by atoms with Crippen molar-refractivity contribution >= 4 is 11.0 Å². The third-order valence-electron chi connectivity index (χ3n) is 3.11. The Bertz CT molecular complexity index is 662. The van der Waals surface area contributed by atoms with Gasteiger partial charge < -0.3 is 5.32 Å². The SMILES string of the molecule is CC(NCc1cnc2ccccc2n1)c1cn[nH]c1. The second kappa shape index (κ2) is 5.16.